The third-order valence-electron chi connectivity index (χ3n) is 3.17. The van der Waals surface area contributed by atoms with Crippen LogP contribution in [-0.2, 0) is 0 Å². The molecule has 0 bridgehead atoms. The number of fused-ring (bicyclic) bond motifs is 1. The zero-order chi connectivity index (χ0) is 14.8. The number of hydrogen-bond donors (Lipinski definition) is 0. The number of aromatic nitrogens is 4. The van der Waals surface area contributed by atoms with Crippen LogP contribution in [0.1, 0.15) is 5.56 Å². The van der Waals surface area contributed by atoms with Crippen molar-refractivity contribution < 1.29 is 0 Å². The van der Waals surface area contributed by atoms with Gasteiger partial charge in [0.15, 0.2) is 5.82 Å². The van der Waals surface area contributed by atoms with Gasteiger partial charge in [0, 0.05) is 22.9 Å². The molecule has 0 radical (unpaired) electrons. The molecule has 0 amide bonds. The first-order valence-electron chi connectivity index (χ1n) is 6.75. The molecule has 0 N–H and O–H groups in total. The van der Waals surface area contributed by atoms with E-state index >= 15 is 0 Å². The summed E-state index contributed by atoms with van der Waals surface area (Å²) in [6.45, 7) is 0. The molecule has 0 unspecified atom stereocenters. The minimum Gasteiger partial charge on any atom is -0.265 e. The minimum absolute atomic E-state index is 0.722. The zero-order valence-corrected chi connectivity index (χ0v) is 12.3. The van der Waals surface area contributed by atoms with Crippen LogP contribution in [-0.4, -0.2) is 26.1 Å². The second kappa shape index (κ2) is 5.57. The van der Waals surface area contributed by atoms with Gasteiger partial charge in [-0.1, -0.05) is 30.3 Å². The van der Waals surface area contributed by atoms with Gasteiger partial charge in [0.1, 0.15) is 0 Å². The van der Waals surface area contributed by atoms with Crippen LogP contribution in [0.4, 0.5) is 0 Å². The number of allylic oxidation sites excluding steroid dienone is 1. The summed E-state index contributed by atoms with van der Waals surface area (Å²) >= 11 is 1.55. The van der Waals surface area contributed by atoms with Crippen molar-refractivity contribution in [2.45, 2.75) is 5.16 Å². The largest absolute Gasteiger partial charge is 0.265 e. The highest BCUT2D eigenvalue weighted by atomic mass is 32.2. The van der Waals surface area contributed by atoms with Crippen molar-refractivity contribution in [2.24, 2.45) is 5.10 Å². The molecule has 1 aliphatic heterocycles. The van der Waals surface area contributed by atoms with Gasteiger partial charge in [-0.25, -0.2) is 0 Å². The Bertz CT molecular complexity index is 853. The van der Waals surface area contributed by atoms with Crippen LogP contribution >= 0.6 is 11.8 Å². The highest BCUT2D eigenvalue weighted by molar-refractivity contribution is 8.04. The third kappa shape index (κ3) is 2.44. The van der Waals surface area contributed by atoms with Crippen LogP contribution in [0, 0.1) is 0 Å². The van der Waals surface area contributed by atoms with Gasteiger partial charge < -0.3 is 0 Å². The number of benzene rings is 1. The summed E-state index contributed by atoms with van der Waals surface area (Å²) in [5.41, 5.74) is 2.08. The van der Waals surface area contributed by atoms with E-state index in [9.17, 15) is 0 Å². The van der Waals surface area contributed by atoms with Crippen molar-refractivity contribution in [3.63, 3.8) is 0 Å². The monoisotopic (exact) mass is 305 g/mol. The molecule has 0 saturated carbocycles. The van der Waals surface area contributed by atoms with Gasteiger partial charge in [-0.15, -0.1) is 10.2 Å². The Kier molecular flexibility index (Phi) is 3.29. The topological polar surface area (TPSA) is 56.0 Å². The standard InChI is InChI=1S/C16H11N5S/c1-2-4-12(5-3-1)10-14-11-18-21-15(19-20-16(21)22-14)13-6-8-17-9-7-13/h1-11H/b14-10-. The molecule has 0 saturated heterocycles. The zero-order valence-electron chi connectivity index (χ0n) is 11.5. The Hall–Kier alpha value is -2.73. The first kappa shape index (κ1) is 13.0. The predicted molar refractivity (Wildman–Crippen MR) is 87.4 cm³/mol. The second-order valence-electron chi connectivity index (χ2n) is 4.66. The molecule has 2 aromatic heterocycles. The lowest BCUT2D eigenvalue weighted by molar-refractivity contribution is 0.770. The molecule has 5 nitrogen and oxygen atoms in total. The van der Waals surface area contributed by atoms with E-state index in [1.54, 1.807) is 28.8 Å². The molecular formula is C16H11N5S. The van der Waals surface area contributed by atoms with E-state index in [4.69, 9.17) is 0 Å². The Balaban J connectivity index is 1.68. The van der Waals surface area contributed by atoms with Crippen LogP contribution in [0.5, 0.6) is 0 Å². The quantitative estimate of drug-likeness (QED) is 0.729. The van der Waals surface area contributed by atoms with Crippen molar-refractivity contribution in [1.29, 1.82) is 0 Å². The van der Waals surface area contributed by atoms with Crippen LogP contribution in [0.2, 0.25) is 0 Å². The van der Waals surface area contributed by atoms with Gasteiger partial charge in [-0.05, 0) is 35.5 Å². The normalized spacial score (nSPS) is 15.0. The second-order valence-corrected chi connectivity index (χ2v) is 5.70. The summed E-state index contributed by atoms with van der Waals surface area (Å²) in [5.74, 6) is 0.722. The number of nitrogens with zero attached hydrogens (tertiary/aromatic N) is 5. The average Bonchev–Trinajstić information content (AvgIpc) is 3.00. The van der Waals surface area contributed by atoms with Crippen LogP contribution in [0.3, 0.4) is 0 Å². The summed E-state index contributed by atoms with van der Waals surface area (Å²) in [7, 11) is 0. The Morgan fingerprint density at radius 2 is 1.77 bits per heavy atom. The lowest BCUT2D eigenvalue weighted by atomic mass is 10.2. The fourth-order valence-corrected chi connectivity index (χ4v) is 2.95. The Morgan fingerprint density at radius 3 is 2.59 bits per heavy atom. The van der Waals surface area contributed by atoms with Crippen molar-refractivity contribution in [1.82, 2.24) is 19.9 Å². The number of thioether (sulfide) groups is 1. The first-order valence-corrected chi connectivity index (χ1v) is 7.56. The van der Waals surface area contributed by atoms with E-state index in [2.05, 4.69) is 38.5 Å². The van der Waals surface area contributed by atoms with Gasteiger partial charge in [-0.2, -0.15) is 9.78 Å². The van der Waals surface area contributed by atoms with Crippen LogP contribution in [0.15, 0.2) is 70.0 Å². The smallest absolute Gasteiger partial charge is 0.217 e. The molecule has 4 rings (SSSR count). The molecule has 0 spiro atoms. The van der Waals surface area contributed by atoms with E-state index in [1.165, 1.54) is 0 Å². The van der Waals surface area contributed by atoms with Crippen molar-refractivity contribution >= 4 is 24.1 Å². The number of rotatable bonds is 2. The fourth-order valence-electron chi connectivity index (χ4n) is 2.14. The molecule has 0 aliphatic carbocycles. The van der Waals surface area contributed by atoms with Gasteiger partial charge >= 0.3 is 0 Å². The van der Waals surface area contributed by atoms with Crippen LogP contribution < -0.4 is 0 Å². The van der Waals surface area contributed by atoms with E-state index in [1.807, 2.05) is 36.5 Å². The Morgan fingerprint density at radius 1 is 0.955 bits per heavy atom. The SMILES string of the molecule is C1=Nn2c(nnc2-c2ccncc2)S/C1=C\c1ccccc1. The maximum Gasteiger partial charge on any atom is 0.217 e. The van der Waals surface area contributed by atoms with Crippen LogP contribution in [0.25, 0.3) is 17.5 Å². The molecule has 3 heterocycles. The van der Waals surface area contributed by atoms with Crippen molar-refractivity contribution in [3.8, 4) is 11.4 Å². The molecule has 0 fully saturated rings. The number of hydrogen-bond acceptors (Lipinski definition) is 5. The highest BCUT2D eigenvalue weighted by Crippen LogP contribution is 2.32. The summed E-state index contributed by atoms with van der Waals surface area (Å²) in [6, 6.07) is 13.9. The van der Waals surface area contributed by atoms with Crippen molar-refractivity contribution in [3.05, 3.63) is 65.3 Å². The maximum atomic E-state index is 4.46. The lowest BCUT2D eigenvalue weighted by Gasteiger charge is -2.09. The molecule has 1 aromatic carbocycles. The molecule has 106 valence electrons. The molecule has 3 aromatic rings. The minimum atomic E-state index is 0.722. The third-order valence-corrected chi connectivity index (χ3v) is 4.06. The van der Waals surface area contributed by atoms with E-state index in [0.717, 1.165) is 27.0 Å². The van der Waals surface area contributed by atoms with E-state index in [-0.39, 0.29) is 0 Å². The first-order chi connectivity index (χ1) is 10.9. The number of pyridine rings is 1. The summed E-state index contributed by atoms with van der Waals surface area (Å²) in [4.78, 5) is 5.05. The molecule has 6 heteroatoms. The van der Waals surface area contributed by atoms with Gasteiger partial charge in [0.05, 0.1) is 6.21 Å². The average molecular weight is 305 g/mol. The fraction of sp³-hybridized carbons (Fsp3) is 0. The van der Waals surface area contributed by atoms with E-state index in [0.29, 0.717) is 0 Å². The highest BCUT2D eigenvalue weighted by Gasteiger charge is 2.18. The lowest BCUT2D eigenvalue weighted by Crippen LogP contribution is -2.01. The molecule has 0 atom stereocenters. The summed E-state index contributed by atoms with van der Waals surface area (Å²) in [5, 5.41) is 13.7. The van der Waals surface area contributed by atoms with Crippen molar-refractivity contribution in [2.75, 3.05) is 0 Å². The molecule has 1 aliphatic rings. The Labute approximate surface area is 131 Å². The van der Waals surface area contributed by atoms with Gasteiger partial charge in [0.2, 0.25) is 5.16 Å². The summed E-state index contributed by atoms with van der Waals surface area (Å²) in [6.07, 6.45) is 7.38. The van der Waals surface area contributed by atoms with Gasteiger partial charge in [-0.3, -0.25) is 4.98 Å². The maximum absolute atomic E-state index is 4.46. The van der Waals surface area contributed by atoms with E-state index < -0.39 is 0 Å². The predicted octanol–water partition coefficient (Wildman–Crippen LogP) is 3.32. The molecular weight excluding hydrogens is 294 g/mol. The molecule has 22 heavy (non-hydrogen) atoms. The van der Waals surface area contributed by atoms with Gasteiger partial charge in [0.25, 0.3) is 0 Å². The summed E-state index contributed by atoms with van der Waals surface area (Å²) < 4.78 is 1.75.